The van der Waals surface area contributed by atoms with Crippen LogP contribution in [0.15, 0.2) is 24.3 Å². The van der Waals surface area contributed by atoms with Crippen LogP contribution in [-0.2, 0) is 44.4 Å². The molecular formula is C38H68O9. The Balaban J connectivity index is 1.73. The molecule has 0 fully saturated rings. The fourth-order valence-electron chi connectivity index (χ4n) is 4.79. The van der Waals surface area contributed by atoms with Crippen LogP contribution in [0.5, 0.6) is 5.75 Å². The maximum absolute atomic E-state index is 11.7. The van der Waals surface area contributed by atoms with Gasteiger partial charge in [-0.2, -0.15) is 0 Å². The minimum Gasteiger partial charge on any atom is -0.491 e. The Hall–Kier alpha value is -1.75. The predicted octanol–water partition coefficient (Wildman–Crippen LogP) is 7.75. The standard InChI is InChI=1S/C38H68O9/c1-3-5-7-9-11-13-15-17-38(39)47-35-33-45-31-29-43-27-25-41-23-22-40-24-26-42-28-30-44-32-34-46-37-20-18-36(19-21-37)16-14-12-10-8-6-4-2/h18-21H,3-17,22-35H2,1-2H3. The number of unbranched alkanes of at least 4 members (excludes halogenated alkanes) is 11. The molecule has 1 aromatic rings. The molecule has 0 saturated carbocycles. The Morgan fingerprint density at radius 3 is 1.30 bits per heavy atom. The molecule has 47 heavy (non-hydrogen) atoms. The molecule has 0 spiro atoms. The van der Waals surface area contributed by atoms with Crippen molar-refractivity contribution in [3.8, 4) is 5.75 Å². The van der Waals surface area contributed by atoms with E-state index in [2.05, 4.69) is 38.1 Å². The van der Waals surface area contributed by atoms with Crippen molar-refractivity contribution in [2.45, 2.75) is 110 Å². The largest absolute Gasteiger partial charge is 0.491 e. The monoisotopic (exact) mass is 668 g/mol. The molecular weight excluding hydrogens is 600 g/mol. The third-order valence-electron chi connectivity index (χ3n) is 7.57. The lowest BCUT2D eigenvalue weighted by atomic mass is 10.0. The number of hydrogen-bond acceptors (Lipinski definition) is 9. The summed E-state index contributed by atoms with van der Waals surface area (Å²) in [6.07, 6.45) is 17.9. The first kappa shape index (κ1) is 43.3. The van der Waals surface area contributed by atoms with E-state index in [0.29, 0.717) is 98.9 Å². The molecule has 0 N–H and O–H groups in total. The van der Waals surface area contributed by atoms with Crippen molar-refractivity contribution in [2.75, 3.05) is 92.5 Å². The average Bonchev–Trinajstić information content (AvgIpc) is 3.08. The third-order valence-corrected chi connectivity index (χ3v) is 7.57. The summed E-state index contributed by atoms with van der Waals surface area (Å²) in [5.41, 5.74) is 1.38. The second kappa shape index (κ2) is 35.6. The number of aryl methyl sites for hydroxylation is 1. The highest BCUT2D eigenvalue weighted by Crippen LogP contribution is 2.15. The van der Waals surface area contributed by atoms with Crippen LogP contribution < -0.4 is 4.74 Å². The van der Waals surface area contributed by atoms with E-state index >= 15 is 0 Å². The van der Waals surface area contributed by atoms with Crippen molar-refractivity contribution in [2.24, 2.45) is 0 Å². The van der Waals surface area contributed by atoms with E-state index in [4.69, 9.17) is 37.9 Å². The zero-order valence-corrected chi connectivity index (χ0v) is 30.0. The molecule has 0 radical (unpaired) electrons. The fourth-order valence-corrected chi connectivity index (χ4v) is 4.79. The molecule has 0 heterocycles. The average molecular weight is 669 g/mol. The van der Waals surface area contributed by atoms with Gasteiger partial charge in [-0.05, 0) is 37.0 Å². The van der Waals surface area contributed by atoms with Gasteiger partial charge in [-0.3, -0.25) is 4.79 Å². The van der Waals surface area contributed by atoms with Gasteiger partial charge in [0.15, 0.2) is 0 Å². The van der Waals surface area contributed by atoms with Gasteiger partial charge >= 0.3 is 5.97 Å². The molecule has 0 atom stereocenters. The van der Waals surface area contributed by atoms with E-state index < -0.39 is 0 Å². The SMILES string of the molecule is CCCCCCCCCC(=O)OCCOCCOCCOCCOCCOCCOCCOc1ccc(CCCCCCCC)cc1. The van der Waals surface area contributed by atoms with E-state index in [9.17, 15) is 4.79 Å². The Kier molecular flexibility index (Phi) is 32.7. The number of carbonyl (C=O) groups is 1. The summed E-state index contributed by atoms with van der Waals surface area (Å²) in [4.78, 5) is 11.7. The Bertz CT molecular complexity index is 775. The number of hydrogen-bond donors (Lipinski definition) is 0. The number of rotatable bonds is 37. The molecule has 274 valence electrons. The van der Waals surface area contributed by atoms with Gasteiger partial charge in [-0.25, -0.2) is 0 Å². The van der Waals surface area contributed by atoms with E-state index in [0.717, 1.165) is 25.0 Å². The molecule has 0 aliphatic heterocycles. The molecule has 9 heteroatoms. The first-order valence-corrected chi connectivity index (χ1v) is 18.6. The van der Waals surface area contributed by atoms with Crippen LogP contribution in [-0.4, -0.2) is 98.5 Å². The topological polar surface area (TPSA) is 90.9 Å². The van der Waals surface area contributed by atoms with Crippen molar-refractivity contribution in [1.29, 1.82) is 0 Å². The lowest BCUT2D eigenvalue weighted by Crippen LogP contribution is -2.15. The van der Waals surface area contributed by atoms with Crippen LogP contribution in [0.2, 0.25) is 0 Å². The van der Waals surface area contributed by atoms with Gasteiger partial charge in [-0.15, -0.1) is 0 Å². The molecule has 0 saturated heterocycles. The molecule has 0 bridgehead atoms. The summed E-state index contributed by atoms with van der Waals surface area (Å²) in [6.45, 7) is 11.3. The van der Waals surface area contributed by atoms with Gasteiger partial charge in [0.2, 0.25) is 0 Å². The van der Waals surface area contributed by atoms with Gasteiger partial charge in [0.1, 0.15) is 19.0 Å². The summed E-state index contributed by atoms with van der Waals surface area (Å²) >= 11 is 0. The fraction of sp³-hybridized carbons (Fsp3) is 0.816. The normalized spacial score (nSPS) is 11.3. The molecule has 0 amide bonds. The Morgan fingerprint density at radius 2 is 0.830 bits per heavy atom. The smallest absolute Gasteiger partial charge is 0.305 e. The second-order valence-corrected chi connectivity index (χ2v) is 11.8. The van der Waals surface area contributed by atoms with Crippen molar-refractivity contribution < 1.29 is 42.7 Å². The molecule has 0 aromatic heterocycles. The summed E-state index contributed by atoms with van der Waals surface area (Å²) in [5.74, 6) is 0.751. The number of esters is 1. The number of ether oxygens (including phenoxy) is 8. The molecule has 0 aliphatic rings. The van der Waals surface area contributed by atoms with Crippen LogP contribution in [0.4, 0.5) is 0 Å². The number of benzene rings is 1. The van der Waals surface area contributed by atoms with Gasteiger partial charge in [-0.1, -0.05) is 96.6 Å². The second-order valence-electron chi connectivity index (χ2n) is 11.8. The highest BCUT2D eigenvalue weighted by Gasteiger charge is 2.03. The van der Waals surface area contributed by atoms with Gasteiger partial charge in [0.25, 0.3) is 0 Å². The van der Waals surface area contributed by atoms with Crippen molar-refractivity contribution in [3.63, 3.8) is 0 Å². The molecule has 1 aromatic carbocycles. The minimum atomic E-state index is -0.134. The van der Waals surface area contributed by atoms with Crippen LogP contribution in [0.25, 0.3) is 0 Å². The van der Waals surface area contributed by atoms with E-state index in [1.807, 2.05) is 0 Å². The lowest BCUT2D eigenvalue weighted by Gasteiger charge is -2.09. The minimum absolute atomic E-state index is 0.134. The first-order chi connectivity index (χ1) is 23.3. The van der Waals surface area contributed by atoms with Crippen LogP contribution in [0.3, 0.4) is 0 Å². The zero-order valence-electron chi connectivity index (χ0n) is 30.0. The first-order valence-electron chi connectivity index (χ1n) is 18.6. The predicted molar refractivity (Wildman–Crippen MR) is 187 cm³/mol. The Labute approximate surface area is 286 Å². The summed E-state index contributed by atoms with van der Waals surface area (Å²) in [7, 11) is 0. The summed E-state index contributed by atoms with van der Waals surface area (Å²) in [5, 5.41) is 0. The third kappa shape index (κ3) is 31.3. The molecule has 9 nitrogen and oxygen atoms in total. The van der Waals surface area contributed by atoms with Gasteiger partial charge in [0, 0.05) is 6.42 Å². The quantitative estimate of drug-likeness (QED) is 0.0521. The highest BCUT2D eigenvalue weighted by atomic mass is 16.6. The molecule has 0 aliphatic carbocycles. The van der Waals surface area contributed by atoms with Gasteiger partial charge in [0.05, 0.1) is 79.3 Å². The lowest BCUT2D eigenvalue weighted by molar-refractivity contribution is -0.145. The van der Waals surface area contributed by atoms with Crippen molar-refractivity contribution in [3.05, 3.63) is 29.8 Å². The van der Waals surface area contributed by atoms with E-state index in [-0.39, 0.29) is 5.97 Å². The van der Waals surface area contributed by atoms with Crippen LogP contribution >= 0.6 is 0 Å². The molecule has 0 unspecified atom stereocenters. The maximum Gasteiger partial charge on any atom is 0.305 e. The van der Waals surface area contributed by atoms with Crippen LogP contribution in [0, 0.1) is 0 Å². The molecule has 1 rings (SSSR count). The Morgan fingerprint density at radius 1 is 0.447 bits per heavy atom. The van der Waals surface area contributed by atoms with Crippen molar-refractivity contribution >= 4 is 5.97 Å². The van der Waals surface area contributed by atoms with Crippen LogP contribution in [0.1, 0.15) is 109 Å². The van der Waals surface area contributed by atoms with E-state index in [1.54, 1.807) is 0 Å². The van der Waals surface area contributed by atoms with Gasteiger partial charge < -0.3 is 37.9 Å². The summed E-state index contributed by atoms with van der Waals surface area (Å²) < 4.78 is 44.0. The summed E-state index contributed by atoms with van der Waals surface area (Å²) in [6, 6.07) is 8.43. The number of carbonyl (C=O) groups excluding carboxylic acids is 1. The van der Waals surface area contributed by atoms with E-state index in [1.165, 1.54) is 76.2 Å². The van der Waals surface area contributed by atoms with Crippen molar-refractivity contribution in [1.82, 2.24) is 0 Å². The zero-order chi connectivity index (χ0) is 33.7. The highest BCUT2D eigenvalue weighted by molar-refractivity contribution is 5.69. The maximum atomic E-state index is 11.7.